The molecular formula is C17H19NS. The zero-order valence-corrected chi connectivity index (χ0v) is 12.5. The van der Waals surface area contributed by atoms with E-state index in [1.807, 2.05) is 11.8 Å². The van der Waals surface area contributed by atoms with Gasteiger partial charge in [0.25, 0.3) is 0 Å². The maximum atomic E-state index is 2.43. The largest absolute Gasteiger partial charge is 0.355 e. The molecule has 1 aliphatic heterocycles. The standard InChI is InChI=1S/C17H19NS/c1-4-17(14-11-9-13(2)10-12-14)18(3)15-7-5-6-8-16(15)19-17/h5-12H,4H2,1-3H3. The minimum absolute atomic E-state index is 0.0391. The molecule has 0 fully saturated rings. The monoisotopic (exact) mass is 269 g/mol. The first kappa shape index (κ1) is 12.6. The van der Waals surface area contributed by atoms with Crippen LogP contribution in [0.2, 0.25) is 0 Å². The molecule has 0 bridgehead atoms. The van der Waals surface area contributed by atoms with Crippen LogP contribution in [0.4, 0.5) is 5.69 Å². The average Bonchev–Trinajstić information content (AvgIpc) is 2.74. The maximum Gasteiger partial charge on any atom is 0.116 e. The van der Waals surface area contributed by atoms with Crippen molar-refractivity contribution in [2.45, 2.75) is 30.0 Å². The predicted octanol–water partition coefficient (Wildman–Crippen LogP) is 4.80. The zero-order valence-electron chi connectivity index (χ0n) is 11.7. The summed E-state index contributed by atoms with van der Waals surface area (Å²) in [6, 6.07) is 17.7. The van der Waals surface area contributed by atoms with Crippen LogP contribution in [0.15, 0.2) is 53.4 Å². The highest BCUT2D eigenvalue weighted by atomic mass is 32.2. The summed E-state index contributed by atoms with van der Waals surface area (Å²) >= 11 is 1.98. The first-order valence-electron chi connectivity index (χ1n) is 6.76. The van der Waals surface area contributed by atoms with E-state index in [0.29, 0.717) is 0 Å². The van der Waals surface area contributed by atoms with Crippen LogP contribution in [0.5, 0.6) is 0 Å². The maximum absolute atomic E-state index is 2.43. The van der Waals surface area contributed by atoms with Crippen LogP contribution in [0.1, 0.15) is 24.5 Å². The molecule has 0 aliphatic carbocycles. The van der Waals surface area contributed by atoms with Gasteiger partial charge in [-0.25, -0.2) is 0 Å². The molecule has 0 N–H and O–H groups in total. The van der Waals surface area contributed by atoms with Crippen LogP contribution in [-0.4, -0.2) is 7.05 Å². The van der Waals surface area contributed by atoms with Gasteiger partial charge in [0, 0.05) is 11.9 Å². The number of nitrogens with zero attached hydrogens (tertiary/aromatic N) is 1. The minimum atomic E-state index is 0.0391. The number of benzene rings is 2. The highest BCUT2D eigenvalue weighted by Gasteiger charge is 2.42. The Hall–Kier alpha value is -1.41. The second-order valence-corrected chi connectivity index (χ2v) is 6.45. The van der Waals surface area contributed by atoms with Gasteiger partial charge in [0.05, 0.1) is 5.69 Å². The van der Waals surface area contributed by atoms with Crippen molar-refractivity contribution in [1.29, 1.82) is 0 Å². The Morgan fingerprint density at radius 2 is 1.74 bits per heavy atom. The topological polar surface area (TPSA) is 3.24 Å². The van der Waals surface area contributed by atoms with Gasteiger partial charge in [-0.3, -0.25) is 0 Å². The second-order valence-electron chi connectivity index (χ2n) is 5.13. The van der Waals surface area contributed by atoms with Gasteiger partial charge in [-0.2, -0.15) is 0 Å². The van der Waals surface area contributed by atoms with E-state index in [1.165, 1.54) is 21.7 Å². The zero-order chi connectivity index (χ0) is 13.5. The van der Waals surface area contributed by atoms with Crippen molar-refractivity contribution in [3.8, 4) is 0 Å². The molecule has 2 heteroatoms. The van der Waals surface area contributed by atoms with Crippen molar-refractivity contribution in [2.24, 2.45) is 0 Å². The van der Waals surface area contributed by atoms with Gasteiger partial charge < -0.3 is 4.90 Å². The van der Waals surface area contributed by atoms with Gasteiger partial charge in [-0.15, -0.1) is 0 Å². The second kappa shape index (κ2) is 4.61. The third kappa shape index (κ3) is 1.86. The van der Waals surface area contributed by atoms with E-state index >= 15 is 0 Å². The lowest BCUT2D eigenvalue weighted by Gasteiger charge is -2.36. The molecule has 0 spiro atoms. The molecule has 0 radical (unpaired) electrons. The Labute approximate surface area is 119 Å². The third-order valence-corrected chi connectivity index (χ3v) is 5.73. The van der Waals surface area contributed by atoms with Gasteiger partial charge in [-0.1, -0.05) is 60.6 Å². The number of rotatable bonds is 2. The van der Waals surface area contributed by atoms with E-state index in [4.69, 9.17) is 0 Å². The van der Waals surface area contributed by atoms with Gasteiger partial charge in [0.15, 0.2) is 0 Å². The van der Waals surface area contributed by atoms with Gasteiger partial charge in [0.2, 0.25) is 0 Å². The fourth-order valence-electron chi connectivity index (χ4n) is 2.85. The molecule has 1 nitrogen and oxygen atoms in total. The fourth-order valence-corrected chi connectivity index (χ4v) is 4.30. The highest BCUT2D eigenvalue weighted by Crippen LogP contribution is 2.56. The lowest BCUT2D eigenvalue weighted by atomic mass is 10.0. The van der Waals surface area contributed by atoms with Crippen molar-refractivity contribution in [1.82, 2.24) is 0 Å². The molecule has 98 valence electrons. The summed E-state index contributed by atoms with van der Waals surface area (Å²) in [6.07, 6.45) is 1.09. The smallest absolute Gasteiger partial charge is 0.116 e. The molecule has 0 aromatic heterocycles. The fraction of sp³-hybridized carbons (Fsp3) is 0.294. The van der Waals surface area contributed by atoms with Crippen LogP contribution in [0, 0.1) is 6.92 Å². The van der Waals surface area contributed by atoms with Crippen molar-refractivity contribution in [2.75, 3.05) is 11.9 Å². The number of anilines is 1. The number of thioether (sulfide) groups is 1. The SMILES string of the molecule is CCC1(c2ccc(C)cc2)Sc2ccccc2N1C. The normalized spacial score (nSPS) is 21.5. The van der Waals surface area contributed by atoms with E-state index in [9.17, 15) is 0 Å². The number of para-hydroxylation sites is 1. The third-order valence-electron chi connectivity index (χ3n) is 4.03. The van der Waals surface area contributed by atoms with E-state index in [1.54, 1.807) is 0 Å². The van der Waals surface area contributed by atoms with Gasteiger partial charge in [-0.05, 0) is 31.0 Å². The number of hydrogen-bond acceptors (Lipinski definition) is 2. The van der Waals surface area contributed by atoms with Crippen molar-refractivity contribution in [3.63, 3.8) is 0 Å². The summed E-state index contributed by atoms with van der Waals surface area (Å²) in [5.41, 5.74) is 4.05. The summed E-state index contributed by atoms with van der Waals surface area (Å²) in [7, 11) is 2.21. The quantitative estimate of drug-likeness (QED) is 0.770. The molecule has 3 rings (SSSR count). The lowest BCUT2D eigenvalue weighted by molar-refractivity contribution is 0.597. The molecule has 1 atom stereocenters. The molecule has 0 saturated carbocycles. The first-order valence-corrected chi connectivity index (χ1v) is 7.58. The summed E-state index contributed by atoms with van der Waals surface area (Å²) in [5, 5.41) is 0. The predicted molar refractivity (Wildman–Crippen MR) is 83.9 cm³/mol. The van der Waals surface area contributed by atoms with Crippen molar-refractivity contribution < 1.29 is 0 Å². The van der Waals surface area contributed by atoms with E-state index in [0.717, 1.165) is 6.42 Å². The van der Waals surface area contributed by atoms with Gasteiger partial charge in [0.1, 0.15) is 4.87 Å². The van der Waals surface area contributed by atoms with Crippen LogP contribution in [-0.2, 0) is 4.87 Å². The first-order chi connectivity index (χ1) is 9.17. The van der Waals surface area contributed by atoms with Crippen LogP contribution >= 0.6 is 11.8 Å². The highest BCUT2D eigenvalue weighted by molar-refractivity contribution is 8.00. The molecule has 2 aromatic carbocycles. The number of hydrogen-bond donors (Lipinski definition) is 0. The van der Waals surface area contributed by atoms with Gasteiger partial charge >= 0.3 is 0 Å². The molecule has 1 unspecified atom stereocenters. The number of fused-ring (bicyclic) bond motifs is 1. The van der Waals surface area contributed by atoms with Crippen molar-refractivity contribution >= 4 is 17.4 Å². The van der Waals surface area contributed by atoms with Crippen LogP contribution in [0.3, 0.4) is 0 Å². The van der Waals surface area contributed by atoms with E-state index < -0.39 is 0 Å². The Morgan fingerprint density at radius 1 is 1.05 bits per heavy atom. The molecule has 1 aliphatic rings. The Kier molecular flexibility index (Phi) is 3.06. The minimum Gasteiger partial charge on any atom is -0.355 e. The summed E-state index contributed by atoms with van der Waals surface area (Å²) in [4.78, 5) is 3.85. The molecule has 2 aromatic rings. The molecular weight excluding hydrogens is 250 g/mol. The Morgan fingerprint density at radius 3 is 2.37 bits per heavy atom. The van der Waals surface area contributed by atoms with Crippen LogP contribution in [0.25, 0.3) is 0 Å². The average molecular weight is 269 g/mol. The van der Waals surface area contributed by atoms with E-state index in [-0.39, 0.29) is 4.87 Å². The molecule has 1 heterocycles. The lowest BCUT2D eigenvalue weighted by Crippen LogP contribution is -2.37. The van der Waals surface area contributed by atoms with Crippen LogP contribution < -0.4 is 4.90 Å². The summed E-state index contributed by atoms with van der Waals surface area (Å²) in [6.45, 7) is 4.41. The molecule has 19 heavy (non-hydrogen) atoms. The molecule has 0 amide bonds. The van der Waals surface area contributed by atoms with Crippen molar-refractivity contribution in [3.05, 3.63) is 59.7 Å². The molecule has 0 saturated heterocycles. The summed E-state index contributed by atoms with van der Waals surface area (Å²) in [5.74, 6) is 0. The van der Waals surface area contributed by atoms with E-state index in [2.05, 4.69) is 74.3 Å². The Balaban J connectivity index is 2.10. The Bertz CT molecular complexity index is 590. The number of aryl methyl sites for hydroxylation is 1. The summed E-state index contributed by atoms with van der Waals surface area (Å²) < 4.78 is 0.